The maximum atomic E-state index is 13.3. The number of ketones is 1. The molecule has 2 saturated heterocycles. The van der Waals surface area contributed by atoms with Gasteiger partial charge in [-0.2, -0.15) is 0 Å². The Morgan fingerprint density at radius 3 is 2.47 bits per heavy atom. The van der Waals surface area contributed by atoms with Gasteiger partial charge in [0.1, 0.15) is 5.82 Å². The van der Waals surface area contributed by atoms with E-state index in [2.05, 4.69) is 10.2 Å². The molecule has 2 heterocycles. The van der Waals surface area contributed by atoms with E-state index in [1.54, 1.807) is 0 Å². The second-order valence-corrected chi connectivity index (χ2v) is 10.1. The summed E-state index contributed by atoms with van der Waals surface area (Å²) in [5.41, 5.74) is 0.441. The van der Waals surface area contributed by atoms with Crippen LogP contribution in [-0.2, 0) is 9.53 Å². The molecular formula is C25H34ClFN2O3. The fraction of sp³-hybridized carbons (Fsp3) is 0.680. The minimum atomic E-state index is -0.416. The normalized spacial score (nSPS) is 27.4. The lowest BCUT2D eigenvalue weighted by Gasteiger charge is -2.34. The number of rotatable bonds is 7. The summed E-state index contributed by atoms with van der Waals surface area (Å²) in [4.78, 5) is 27.5. The van der Waals surface area contributed by atoms with Crippen LogP contribution in [-0.4, -0.2) is 55.5 Å². The number of amides is 1. The molecule has 1 unspecified atom stereocenters. The summed E-state index contributed by atoms with van der Waals surface area (Å²) in [5.74, 6) is 0.529. The molecular weight excluding hydrogens is 431 g/mol. The van der Waals surface area contributed by atoms with Crippen LogP contribution in [0.4, 0.5) is 4.39 Å². The number of ether oxygens (including phenoxy) is 1. The average molecular weight is 465 g/mol. The Hall–Kier alpha value is -1.50. The van der Waals surface area contributed by atoms with Crippen LogP contribution in [0.3, 0.4) is 0 Å². The predicted octanol–water partition coefficient (Wildman–Crippen LogP) is 4.48. The Morgan fingerprint density at radius 1 is 1.06 bits per heavy atom. The number of Topliss-reactive ketones (excluding diaryl/α,β-unsaturated/α-hetero) is 1. The number of carbonyl (C=O) groups excluding carboxylic acids is 2. The van der Waals surface area contributed by atoms with Crippen LogP contribution in [0.1, 0.15) is 61.7 Å². The number of hydrogen-bond donors (Lipinski definition) is 1. The van der Waals surface area contributed by atoms with Crippen LogP contribution in [0, 0.1) is 23.6 Å². The van der Waals surface area contributed by atoms with Crippen molar-refractivity contribution in [1.29, 1.82) is 0 Å². The second kappa shape index (κ2) is 11.1. The first-order valence-electron chi connectivity index (χ1n) is 12.1. The van der Waals surface area contributed by atoms with Crippen LogP contribution in [0.15, 0.2) is 18.2 Å². The number of carbonyl (C=O) groups is 2. The van der Waals surface area contributed by atoms with Crippen LogP contribution in [0.25, 0.3) is 0 Å². The SMILES string of the molecule is O=C(N[C@H]1CC[C@H](CCN2CCC(C(=O)c3ccc(F)cc3Cl)CC2)CC1)C1CCOC1. The molecule has 0 bridgehead atoms. The zero-order valence-corrected chi connectivity index (χ0v) is 19.4. The van der Waals surface area contributed by atoms with Gasteiger partial charge in [-0.15, -0.1) is 0 Å². The van der Waals surface area contributed by atoms with Gasteiger partial charge >= 0.3 is 0 Å². The highest BCUT2D eigenvalue weighted by molar-refractivity contribution is 6.34. The van der Waals surface area contributed by atoms with Gasteiger partial charge < -0.3 is 15.0 Å². The van der Waals surface area contributed by atoms with Gasteiger partial charge in [0.15, 0.2) is 5.78 Å². The standard InChI is InChI=1S/C25H34ClFN2O3/c26-23-15-20(27)3-6-22(23)24(30)18-8-12-29(13-9-18)11-7-17-1-4-21(5-2-17)28-25(31)19-10-14-32-16-19/h3,6,15,17-19,21H,1-2,4-5,7-14,16H2,(H,28,31)/t17-,19?,21-. The van der Waals surface area contributed by atoms with Gasteiger partial charge in [0.2, 0.25) is 5.91 Å². The monoisotopic (exact) mass is 464 g/mol. The first kappa shape index (κ1) is 23.7. The number of likely N-dealkylation sites (tertiary alicyclic amines) is 1. The molecule has 0 radical (unpaired) electrons. The van der Waals surface area contributed by atoms with Gasteiger partial charge in [-0.3, -0.25) is 9.59 Å². The molecule has 1 aromatic rings. The first-order valence-corrected chi connectivity index (χ1v) is 12.5. The van der Waals surface area contributed by atoms with Gasteiger partial charge in [0.05, 0.1) is 17.5 Å². The molecule has 176 valence electrons. The van der Waals surface area contributed by atoms with Gasteiger partial charge in [-0.05, 0) is 95.1 Å². The molecule has 3 aliphatic rings. The summed E-state index contributed by atoms with van der Waals surface area (Å²) in [6, 6.07) is 4.34. The Morgan fingerprint density at radius 2 is 1.81 bits per heavy atom. The quantitative estimate of drug-likeness (QED) is 0.604. The minimum Gasteiger partial charge on any atom is -0.381 e. The summed E-state index contributed by atoms with van der Waals surface area (Å²) >= 11 is 6.08. The van der Waals surface area contributed by atoms with E-state index in [1.807, 2.05) is 0 Å². The van der Waals surface area contributed by atoms with Crippen molar-refractivity contribution >= 4 is 23.3 Å². The molecule has 2 aliphatic heterocycles. The first-order chi connectivity index (χ1) is 15.5. The van der Waals surface area contributed by atoms with E-state index in [-0.39, 0.29) is 28.5 Å². The molecule has 4 rings (SSSR count). The molecule has 1 atom stereocenters. The number of piperidine rings is 1. The van der Waals surface area contributed by atoms with E-state index < -0.39 is 5.82 Å². The Labute approximate surface area is 195 Å². The van der Waals surface area contributed by atoms with Crippen LogP contribution < -0.4 is 5.32 Å². The van der Waals surface area contributed by atoms with Gasteiger partial charge in [0.25, 0.3) is 0 Å². The van der Waals surface area contributed by atoms with Crippen molar-refractivity contribution in [2.75, 3.05) is 32.8 Å². The van der Waals surface area contributed by atoms with E-state index >= 15 is 0 Å². The Kier molecular flexibility index (Phi) is 8.19. The van der Waals surface area contributed by atoms with Crippen molar-refractivity contribution in [3.05, 3.63) is 34.6 Å². The lowest BCUT2D eigenvalue weighted by Crippen LogP contribution is -2.41. The molecule has 3 fully saturated rings. The van der Waals surface area contributed by atoms with Gasteiger partial charge in [0, 0.05) is 24.1 Å². The van der Waals surface area contributed by atoms with Crippen molar-refractivity contribution in [3.8, 4) is 0 Å². The molecule has 0 spiro atoms. The molecule has 1 saturated carbocycles. The number of nitrogens with one attached hydrogen (secondary N) is 1. The summed E-state index contributed by atoms with van der Waals surface area (Å²) < 4.78 is 18.6. The zero-order chi connectivity index (χ0) is 22.5. The lowest BCUT2D eigenvalue weighted by molar-refractivity contribution is -0.126. The smallest absolute Gasteiger partial charge is 0.225 e. The number of nitrogens with zero attached hydrogens (tertiary/aromatic N) is 1. The van der Waals surface area contributed by atoms with Crippen molar-refractivity contribution in [2.45, 2.75) is 57.4 Å². The molecule has 5 nitrogen and oxygen atoms in total. The summed E-state index contributed by atoms with van der Waals surface area (Å²) in [6.45, 7) is 4.18. The molecule has 1 amide bonds. The third-order valence-electron chi connectivity index (χ3n) is 7.50. The fourth-order valence-electron chi connectivity index (χ4n) is 5.35. The molecule has 1 aromatic carbocycles. The second-order valence-electron chi connectivity index (χ2n) is 9.68. The van der Waals surface area contributed by atoms with Gasteiger partial charge in [-0.1, -0.05) is 11.6 Å². The molecule has 7 heteroatoms. The number of hydrogen-bond acceptors (Lipinski definition) is 4. The zero-order valence-electron chi connectivity index (χ0n) is 18.7. The summed E-state index contributed by atoms with van der Waals surface area (Å²) in [5, 5.41) is 3.44. The highest BCUT2D eigenvalue weighted by Gasteiger charge is 2.30. The third-order valence-corrected chi connectivity index (χ3v) is 7.81. The fourth-order valence-corrected chi connectivity index (χ4v) is 5.61. The van der Waals surface area contributed by atoms with E-state index in [1.165, 1.54) is 37.5 Å². The predicted molar refractivity (Wildman–Crippen MR) is 122 cm³/mol. The average Bonchev–Trinajstić information content (AvgIpc) is 3.34. The third kappa shape index (κ3) is 6.09. The Balaban J connectivity index is 1.13. The van der Waals surface area contributed by atoms with Crippen molar-refractivity contribution < 1.29 is 18.7 Å². The Bertz CT molecular complexity index is 798. The van der Waals surface area contributed by atoms with Crippen molar-refractivity contribution in [2.24, 2.45) is 17.8 Å². The van der Waals surface area contributed by atoms with Crippen LogP contribution in [0.5, 0.6) is 0 Å². The van der Waals surface area contributed by atoms with Gasteiger partial charge in [-0.25, -0.2) is 4.39 Å². The maximum absolute atomic E-state index is 13.3. The lowest BCUT2D eigenvalue weighted by atomic mass is 9.83. The van der Waals surface area contributed by atoms with E-state index in [0.717, 1.165) is 57.7 Å². The molecule has 1 N–H and O–H groups in total. The molecule has 1 aliphatic carbocycles. The molecule has 0 aromatic heterocycles. The van der Waals surface area contributed by atoms with E-state index in [9.17, 15) is 14.0 Å². The molecule has 32 heavy (non-hydrogen) atoms. The number of benzene rings is 1. The highest BCUT2D eigenvalue weighted by Crippen LogP contribution is 2.30. The maximum Gasteiger partial charge on any atom is 0.225 e. The number of halogens is 2. The van der Waals surface area contributed by atoms with Crippen LogP contribution >= 0.6 is 11.6 Å². The van der Waals surface area contributed by atoms with E-state index in [0.29, 0.717) is 24.8 Å². The summed E-state index contributed by atoms with van der Waals surface area (Å²) in [7, 11) is 0. The van der Waals surface area contributed by atoms with Crippen molar-refractivity contribution in [3.63, 3.8) is 0 Å². The summed E-state index contributed by atoms with van der Waals surface area (Å²) in [6.07, 6.45) is 8.17. The largest absolute Gasteiger partial charge is 0.381 e. The highest BCUT2D eigenvalue weighted by atomic mass is 35.5. The minimum absolute atomic E-state index is 0.0291. The van der Waals surface area contributed by atoms with E-state index in [4.69, 9.17) is 16.3 Å². The van der Waals surface area contributed by atoms with Crippen molar-refractivity contribution in [1.82, 2.24) is 10.2 Å². The topological polar surface area (TPSA) is 58.6 Å². The van der Waals surface area contributed by atoms with Crippen LogP contribution in [0.2, 0.25) is 5.02 Å².